The van der Waals surface area contributed by atoms with Gasteiger partial charge in [-0.2, -0.15) is 0 Å². The van der Waals surface area contributed by atoms with Gasteiger partial charge < -0.3 is 0 Å². The lowest BCUT2D eigenvalue weighted by molar-refractivity contribution is 1.18. The van der Waals surface area contributed by atoms with Crippen molar-refractivity contribution in [1.82, 2.24) is 19.9 Å². The van der Waals surface area contributed by atoms with Crippen molar-refractivity contribution >= 4 is 10.8 Å². The van der Waals surface area contributed by atoms with E-state index in [1.165, 1.54) is 0 Å². The van der Waals surface area contributed by atoms with Crippen LogP contribution in [0, 0.1) is 0 Å². The van der Waals surface area contributed by atoms with Gasteiger partial charge >= 0.3 is 0 Å². The minimum atomic E-state index is 0.695. The maximum absolute atomic E-state index is 5.12. The van der Waals surface area contributed by atoms with Crippen LogP contribution in [0.3, 0.4) is 0 Å². The van der Waals surface area contributed by atoms with E-state index >= 15 is 0 Å². The zero-order chi connectivity index (χ0) is 30.7. The molecule has 0 radical (unpaired) electrons. The first-order valence-electron chi connectivity index (χ1n) is 15.3. The van der Waals surface area contributed by atoms with E-state index in [0.717, 1.165) is 66.9 Å². The maximum atomic E-state index is 5.12. The summed E-state index contributed by atoms with van der Waals surface area (Å²) in [6.45, 7) is 0. The Hall–Kier alpha value is -6.26. The summed E-state index contributed by atoms with van der Waals surface area (Å²) in [6, 6.07) is 57.9. The van der Waals surface area contributed by atoms with Crippen LogP contribution in [0.1, 0.15) is 0 Å². The topological polar surface area (TPSA) is 51.6 Å². The van der Waals surface area contributed by atoms with Gasteiger partial charge in [-0.1, -0.05) is 158 Å². The average molecular weight is 589 g/mol. The Morgan fingerprint density at radius 3 is 0.957 bits per heavy atom. The Labute approximate surface area is 267 Å². The molecule has 216 valence electrons. The molecule has 8 aromatic rings. The molecule has 8 rings (SSSR count). The number of nitrogens with zero attached hydrogens (tertiary/aromatic N) is 4. The molecule has 0 aliphatic heterocycles. The van der Waals surface area contributed by atoms with Crippen molar-refractivity contribution in [3.05, 3.63) is 170 Å². The molecule has 0 aliphatic rings. The highest BCUT2D eigenvalue weighted by Gasteiger charge is 2.16. The van der Waals surface area contributed by atoms with Crippen molar-refractivity contribution in [2.45, 2.75) is 0 Å². The fourth-order valence-electron chi connectivity index (χ4n) is 5.87. The van der Waals surface area contributed by atoms with E-state index in [4.69, 9.17) is 19.9 Å². The highest BCUT2D eigenvalue weighted by Crippen LogP contribution is 2.37. The van der Waals surface area contributed by atoms with Gasteiger partial charge in [0.15, 0.2) is 11.6 Å². The second-order valence-electron chi connectivity index (χ2n) is 11.1. The monoisotopic (exact) mass is 588 g/mol. The van der Waals surface area contributed by atoms with Gasteiger partial charge in [0.1, 0.15) is 0 Å². The number of fused-ring (bicyclic) bond motifs is 1. The summed E-state index contributed by atoms with van der Waals surface area (Å²) >= 11 is 0. The molecule has 2 aromatic heterocycles. The smallest absolute Gasteiger partial charge is 0.160 e. The second kappa shape index (κ2) is 12.0. The highest BCUT2D eigenvalue weighted by atomic mass is 14.9. The molecule has 0 spiro atoms. The first-order valence-corrected chi connectivity index (χ1v) is 15.3. The first kappa shape index (κ1) is 27.3. The van der Waals surface area contributed by atoms with Gasteiger partial charge in [0.05, 0.1) is 22.8 Å². The largest absolute Gasteiger partial charge is 0.228 e. The summed E-state index contributed by atoms with van der Waals surface area (Å²) in [5, 5.41) is 2.19. The Morgan fingerprint density at radius 1 is 0.261 bits per heavy atom. The summed E-state index contributed by atoms with van der Waals surface area (Å²) in [5.74, 6) is 1.39. The van der Waals surface area contributed by atoms with E-state index in [0.29, 0.717) is 11.6 Å². The lowest BCUT2D eigenvalue weighted by Crippen LogP contribution is -1.97. The van der Waals surface area contributed by atoms with Crippen LogP contribution in [-0.2, 0) is 0 Å². The Morgan fingerprint density at radius 2 is 0.587 bits per heavy atom. The molecule has 6 aromatic carbocycles. The van der Waals surface area contributed by atoms with Gasteiger partial charge in [0, 0.05) is 33.4 Å². The molecule has 0 aliphatic carbocycles. The molecule has 4 nitrogen and oxygen atoms in total. The van der Waals surface area contributed by atoms with E-state index < -0.39 is 0 Å². The van der Waals surface area contributed by atoms with E-state index in [2.05, 4.69) is 97.1 Å². The Bertz CT molecular complexity index is 2000. The molecular weight excluding hydrogens is 560 g/mol. The minimum Gasteiger partial charge on any atom is -0.228 e. The third kappa shape index (κ3) is 5.33. The second-order valence-corrected chi connectivity index (χ2v) is 11.1. The van der Waals surface area contributed by atoms with E-state index in [1.807, 2.05) is 72.8 Å². The lowest BCUT2D eigenvalue weighted by Gasteiger charge is -2.14. The summed E-state index contributed by atoms with van der Waals surface area (Å²) in [5.41, 5.74) is 9.63. The molecule has 4 heteroatoms. The molecule has 0 saturated carbocycles. The summed E-state index contributed by atoms with van der Waals surface area (Å²) in [4.78, 5) is 20.2. The molecule has 0 N–H and O–H groups in total. The van der Waals surface area contributed by atoms with Crippen LogP contribution in [0.4, 0.5) is 0 Å². The summed E-state index contributed by atoms with van der Waals surface area (Å²) < 4.78 is 0. The fraction of sp³-hybridized carbons (Fsp3) is 0. The van der Waals surface area contributed by atoms with Crippen LogP contribution in [0.25, 0.3) is 78.6 Å². The van der Waals surface area contributed by atoms with Gasteiger partial charge in [-0.15, -0.1) is 0 Å². The quantitative estimate of drug-likeness (QED) is 0.194. The predicted molar refractivity (Wildman–Crippen MR) is 188 cm³/mol. The van der Waals surface area contributed by atoms with E-state index in [1.54, 1.807) is 0 Å². The fourth-order valence-corrected chi connectivity index (χ4v) is 5.87. The average Bonchev–Trinajstić information content (AvgIpc) is 3.15. The number of benzene rings is 6. The molecule has 0 unspecified atom stereocenters. The number of rotatable bonds is 6. The molecule has 2 heterocycles. The molecule has 0 saturated heterocycles. The van der Waals surface area contributed by atoms with Crippen molar-refractivity contribution in [2.24, 2.45) is 0 Å². The summed E-state index contributed by atoms with van der Waals surface area (Å²) in [6.07, 6.45) is 0. The molecule has 0 amide bonds. The Balaban J connectivity index is 1.33. The van der Waals surface area contributed by atoms with Crippen LogP contribution in [0.15, 0.2) is 170 Å². The molecule has 46 heavy (non-hydrogen) atoms. The predicted octanol–water partition coefficient (Wildman–Crippen LogP) is 10.4. The van der Waals surface area contributed by atoms with Gasteiger partial charge in [0.2, 0.25) is 0 Å². The third-order valence-corrected chi connectivity index (χ3v) is 8.13. The van der Waals surface area contributed by atoms with Crippen LogP contribution >= 0.6 is 0 Å². The van der Waals surface area contributed by atoms with Crippen LogP contribution in [0.2, 0.25) is 0 Å². The van der Waals surface area contributed by atoms with Crippen LogP contribution < -0.4 is 0 Å². The molecular formula is C42H28N4. The van der Waals surface area contributed by atoms with Crippen molar-refractivity contribution in [2.75, 3.05) is 0 Å². The zero-order valence-electron chi connectivity index (χ0n) is 25.0. The van der Waals surface area contributed by atoms with Crippen molar-refractivity contribution < 1.29 is 0 Å². The number of hydrogen-bond donors (Lipinski definition) is 0. The third-order valence-electron chi connectivity index (χ3n) is 8.13. The van der Waals surface area contributed by atoms with Crippen LogP contribution in [-0.4, -0.2) is 19.9 Å². The van der Waals surface area contributed by atoms with E-state index in [9.17, 15) is 0 Å². The van der Waals surface area contributed by atoms with Gasteiger partial charge in [-0.05, 0) is 22.9 Å². The van der Waals surface area contributed by atoms with Crippen molar-refractivity contribution in [3.63, 3.8) is 0 Å². The highest BCUT2D eigenvalue weighted by molar-refractivity contribution is 6.04. The normalized spacial score (nSPS) is 11.0. The van der Waals surface area contributed by atoms with E-state index in [-0.39, 0.29) is 0 Å². The molecule has 0 atom stereocenters. The van der Waals surface area contributed by atoms with Gasteiger partial charge in [-0.25, -0.2) is 19.9 Å². The maximum Gasteiger partial charge on any atom is 0.160 e. The summed E-state index contributed by atoms with van der Waals surface area (Å²) in [7, 11) is 0. The van der Waals surface area contributed by atoms with Crippen LogP contribution in [0.5, 0.6) is 0 Å². The number of aromatic nitrogens is 4. The SMILES string of the molecule is c1ccc(-c2cc(-c3cccc4c(-c5cc(-c6ccccc6)nc(-c6ccccc6)n5)cccc34)nc(-c3ccccc3)n2)cc1. The molecule has 0 bridgehead atoms. The lowest BCUT2D eigenvalue weighted by atomic mass is 9.95. The zero-order valence-corrected chi connectivity index (χ0v) is 25.0. The van der Waals surface area contributed by atoms with Crippen molar-refractivity contribution in [1.29, 1.82) is 0 Å². The minimum absolute atomic E-state index is 0.695. The number of hydrogen-bond acceptors (Lipinski definition) is 4. The van der Waals surface area contributed by atoms with Gasteiger partial charge in [-0.3, -0.25) is 0 Å². The molecule has 0 fully saturated rings. The Kier molecular flexibility index (Phi) is 7.14. The standard InChI is InChI=1S/C42H28N4/c1-5-15-29(16-6-1)37-27-39(45-41(43-37)31-19-9-3-10-20-31)35-25-13-24-34-33(35)23-14-26-36(34)40-28-38(30-17-7-2-8-18-30)44-42(46-40)32-21-11-4-12-22-32/h1-28H. The van der Waals surface area contributed by atoms with Gasteiger partial charge in [0.25, 0.3) is 0 Å². The first-order chi connectivity index (χ1) is 22.8. The van der Waals surface area contributed by atoms with Crippen molar-refractivity contribution in [3.8, 4) is 67.8 Å².